The number of rotatable bonds is 5. The molecule has 0 aliphatic rings. The highest BCUT2D eigenvalue weighted by molar-refractivity contribution is 6.30. The maximum absolute atomic E-state index is 13.9. The fourth-order valence-corrected chi connectivity index (χ4v) is 2.22. The second-order valence-electron chi connectivity index (χ2n) is 5.07. The molecule has 0 radical (unpaired) electrons. The van der Waals surface area contributed by atoms with E-state index in [-0.39, 0.29) is 11.9 Å². The highest BCUT2D eigenvalue weighted by Gasteiger charge is 2.24. The second kappa shape index (κ2) is 6.50. The number of halogens is 2. The molecule has 0 aliphatic heterocycles. The summed E-state index contributed by atoms with van der Waals surface area (Å²) in [6.07, 6.45) is 0. The Balaban J connectivity index is 3.05. The molecule has 0 aliphatic carbocycles. The van der Waals surface area contributed by atoms with E-state index in [2.05, 4.69) is 25.7 Å². The molecule has 1 aromatic carbocycles. The van der Waals surface area contributed by atoms with Crippen LogP contribution >= 0.6 is 11.6 Å². The van der Waals surface area contributed by atoms with Gasteiger partial charge < -0.3 is 5.73 Å². The molecule has 0 amide bonds. The van der Waals surface area contributed by atoms with E-state index in [1.165, 1.54) is 6.07 Å². The first-order chi connectivity index (χ1) is 8.38. The van der Waals surface area contributed by atoms with Crippen LogP contribution in [-0.2, 0) is 0 Å². The summed E-state index contributed by atoms with van der Waals surface area (Å²) in [4.78, 5) is 2.11. The summed E-state index contributed by atoms with van der Waals surface area (Å²) in [6.45, 7) is 6.77. The molecule has 2 nitrogen and oxygen atoms in total. The lowest BCUT2D eigenvalue weighted by Crippen LogP contribution is -2.40. The van der Waals surface area contributed by atoms with Crippen molar-refractivity contribution in [1.29, 1.82) is 0 Å². The van der Waals surface area contributed by atoms with Crippen molar-refractivity contribution in [3.8, 4) is 0 Å². The largest absolute Gasteiger partial charge is 0.329 e. The van der Waals surface area contributed by atoms with E-state index >= 15 is 0 Å². The Morgan fingerprint density at radius 3 is 2.44 bits per heavy atom. The maximum atomic E-state index is 13.9. The summed E-state index contributed by atoms with van der Waals surface area (Å²) in [5.74, 6) is 0.226. The van der Waals surface area contributed by atoms with Gasteiger partial charge in [-0.15, -0.1) is 0 Å². The summed E-state index contributed by atoms with van der Waals surface area (Å²) in [5.41, 5.74) is 6.38. The van der Waals surface area contributed by atoms with Gasteiger partial charge in [-0.1, -0.05) is 25.4 Å². The molecule has 0 spiro atoms. The Kier molecular flexibility index (Phi) is 5.57. The monoisotopic (exact) mass is 272 g/mol. The summed E-state index contributed by atoms with van der Waals surface area (Å²) in [6, 6.07) is 4.78. The van der Waals surface area contributed by atoms with Crippen molar-refractivity contribution < 1.29 is 4.39 Å². The number of hydrogen-bond acceptors (Lipinski definition) is 2. The van der Waals surface area contributed by atoms with Crippen molar-refractivity contribution in [3.63, 3.8) is 0 Å². The normalized spacial score (nSPS) is 15.2. The summed E-state index contributed by atoms with van der Waals surface area (Å²) >= 11 is 5.94. The van der Waals surface area contributed by atoms with Crippen molar-refractivity contribution in [1.82, 2.24) is 4.90 Å². The molecule has 2 atom stereocenters. The van der Waals surface area contributed by atoms with E-state index in [1.807, 2.05) is 7.05 Å². The molecular formula is C14H22ClFN2. The van der Waals surface area contributed by atoms with E-state index < -0.39 is 0 Å². The Hall–Kier alpha value is -0.640. The van der Waals surface area contributed by atoms with Gasteiger partial charge in [0, 0.05) is 29.2 Å². The smallest absolute Gasteiger partial charge is 0.128 e. The molecule has 0 fully saturated rings. The molecular weight excluding hydrogens is 251 g/mol. The lowest BCUT2D eigenvalue weighted by atomic mass is 9.99. The molecule has 102 valence electrons. The van der Waals surface area contributed by atoms with E-state index in [9.17, 15) is 4.39 Å². The van der Waals surface area contributed by atoms with Crippen LogP contribution in [0.1, 0.15) is 32.4 Å². The van der Waals surface area contributed by atoms with E-state index in [0.717, 1.165) is 0 Å². The predicted octanol–water partition coefficient (Wildman–Crippen LogP) is 3.46. The topological polar surface area (TPSA) is 29.3 Å². The van der Waals surface area contributed by atoms with Gasteiger partial charge >= 0.3 is 0 Å². The number of nitrogens with two attached hydrogens (primary N) is 1. The Labute approximate surface area is 114 Å². The predicted molar refractivity (Wildman–Crippen MR) is 75.3 cm³/mol. The van der Waals surface area contributed by atoms with Crippen LogP contribution in [0.5, 0.6) is 0 Å². The molecule has 1 rings (SSSR count). The Bertz CT molecular complexity index is 395. The van der Waals surface area contributed by atoms with Crippen LogP contribution in [0.15, 0.2) is 18.2 Å². The molecule has 0 saturated carbocycles. The molecule has 1 aromatic rings. The first-order valence-corrected chi connectivity index (χ1v) is 6.63. The third-order valence-corrected chi connectivity index (χ3v) is 3.87. The van der Waals surface area contributed by atoms with Crippen LogP contribution in [0.2, 0.25) is 5.02 Å². The highest BCUT2D eigenvalue weighted by atomic mass is 35.5. The second-order valence-corrected chi connectivity index (χ2v) is 5.50. The highest BCUT2D eigenvalue weighted by Crippen LogP contribution is 2.27. The standard InChI is InChI=1S/C14H22ClFN2/c1-9(2)10(3)18(4)14(8-17)12-7-11(15)5-6-13(12)16/h5-7,9-10,14H,8,17H2,1-4H3. The summed E-state index contributed by atoms with van der Waals surface area (Å²) in [5, 5.41) is 0.537. The molecule has 18 heavy (non-hydrogen) atoms. The van der Waals surface area contributed by atoms with Gasteiger partial charge in [0.1, 0.15) is 5.82 Å². The molecule has 0 aromatic heterocycles. The SMILES string of the molecule is CC(C)C(C)N(C)C(CN)c1cc(Cl)ccc1F. The van der Waals surface area contributed by atoms with Gasteiger partial charge in [-0.25, -0.2) is 4.39 Å². The van der Waals surface area contributed by atoms with E-state index in [1.54, 1.807) is 12.1 Å². The van der Waals surface area contributed by atoms with Crippen molar-refractivity contribution in [2.75, 3.05) is 13.6 Å². The third kappa shape index (κ3) is 3.44. The number of likely N-dealkylation sites (N-methyl/N-ethyl adjacent to an activating group) is 1. The molecule has 0 heterocycles. The number of nitrogens with zero attached hydrogens (tertiary/aromatic N) is 1. The zero-order chi connectivity index (χ0) is 13.9. The third-order valence-electron chi connectivity index (χ3n) is 3.64. The average molecular weight is 273 g/mol. The molecule has 0 bridgehead atoms. The number of benzene rings is 1. The lowest BCUT2D eigenvalue weighted by Gasteiger charge is -2.35. The maximum Gasteiger partial charge on any atom is 0.128 e. The minimum Gasteiger partial charge on any atom is -0.329 e. The van der Waals surface area contributed by atoms with Gasteiger partial charge in [-0.3, -0.25) is 4.90 Å². The van der Waals surface area contributed by atoms with Crippen LogP contribution in [0, 0.1) is 11.7 Å². The molecule has 2 unspecified atom stereocenters. The summed E-state index contributed by atoms with van der Waals surface area (Å²) < 4.78 is 13.9. The first-order valence-electron chi connectivity index (χ1n) is 6.25. The van der Waals surface area contributed by atoms with Gasteiger partial charge in [0.25, 0.3) is 0 Å². The first kappa shape index (κ1) is 15.4. The molecule has 4 heteroatoms. The van der Waals surface area contributed by atoms with Crippen LogP contribution in [0.25, 0.3) is 0 Å². The van der Waals surface area contributed by atoms with E-state index in [4.69, 9.17) is 17.3 Å². The van der Waals surface area contributed by atoms with Crippen LogP contribution in [0.4, 0.5) is 4.39 Å². The average Bonchev–Trinajstić information content (AvgIpc) is 2.33. The quantitative estimate of drug-likeness (QED) is 0.890. The Morgan fingerprint density at radius 2 is 1.94 bits per heavy atom. The number of hydrogen-bond donors (Lipinski definition) is 1. The minimum atomic E-state index is -0.252. The van der Waals surface area contributed by atoms with Crippen molar-refractivity contribution >= 4 is 11.6 Å². The Morgan fingerprint density at radius 1 is 1.33 bits per heavy atom. The summed E-state index contributed by atoms with van der Waals surface area (Å²) in [7, 11) is 1.97. The van der Waals surface area contributed by atoms with Crippen molar-refractivity contribution in [3.05, 3.63) is 34.6 Å². The minimum absolute atomic E-state index is 0.152. The van der Waals surface area contributed by atoms with E-state index in [0.29, 0.717) is 29.1 Å². The molecule has 2 N–H and O–H groups in total. The van der Waals surface area contributed by atoms with Crippen molar-refractivity contribution in [2.24, 2.45) is 11.7 Å². The fourth-order valence-electron chi connectivity index (χ4n) is 2.04. The lowest BCUT2D eigenvalue weighted by molar-refractivity contribution is 0.149. The fraction of sp³-hybridized carbons (Fsp3) is 0.571. The van der Waals surface area contributed by atoms with Crippen LogP contribution < -0.4 is 5.73 Å². The zero-order valence-electron chi connectivity index (χ0n) is 11.5. The van der Waals surface area contributed by atoms with Gasteiger partial charge in [-0.2, -0.15) is 0 Å². The van der Waals surface area contributed by atoms with Gasteiger partial charge in [0.2, 0.25) is 0 Å². The van der Waals surface area contributed by atoms with Crippen LogP contribution in [-0.4, -0.2) is 24.5 Å². The van der Waals surface area contributed by atoms with Gasteiger partial charge in [0.05, 0.1) is 0 Å². The van der Waals surface area contributed by atoms with Gasteiger partial charge in [0.15, 0.2) is 0 Å². The van der Waals surface area contributed by atoms with Crippen LogP contribution in [0.3, 0.4) is 0 Å². The van der Waals surface area contributed by atoms with Crippen molar-refractivity contribution in [2.45, 2.75) is 32.9 Å². The zero-order valence-corrected chi connectivity index (χ0v) is 12.2. The van der Waals surface area contributed by atoms with Gasteiger partial charge in [-0.05, 0) is 38.1 Å². The molecule has 0 saturated heterocycles.